The molecule has 0 N–H and O–H groups in total. The van der Waals surface area contributed by atoms with E-state index in [0.717, 1.165) is 11.1 Å². The fourth-order valence-corrected chi connectivity index (χ4v) is 2.59. The summed E-state index contributed by atoms with van der Waals surface area (Å²) in [5.41, 5.74) is 4.40. The van der Waals surface area contributed by atoms with Gasteiger partial charge in [0.1, 0.15) is 0 Å². The summed E-state index contributed by atoms with van der Waals surface area (Å²) in [4.78, 5) is 4.35. The highest BCUT2D eigenvalue weighted by Gasteiger charge is 2.10. The number of benzene rings is 2. The molecule has 3 aromatic rings. The number of pyridine rings is 1. The van der Waals surface area contributed by atoms with Crippen molar-refractivity contribution in [3.63, 3.8) is 0 Å². The molecule has 2 aromatic carbocycles. The number of aryl methyl sites for hydroxylation is 4. The van der Waals surface area contributed by atoms with Gasteiger partial charge in [-0.2, -0.15) is 0 Å². The molecule has 0 aliphatic heterocycles. The summed E-state index contributed by atoms with van der Waals surface area (Å²) in [6, 6.07) is 14.6. The molecule has 0 amide bonds. The first-order chi connectivity index (χ1) is 13.0. The van der Waals surface area contributed by atoms with Gasteiger partial charge in [0.15, 0.2) is 0 Å². The predicted molar refractivity (Wildman–Crippen MR) is 94.1 cm³/mol. The number of rotatable bonds is 2. The van der Waals surface area contributed by atoms with Gasteiger partial charge in [0.05, 0.1) is 5.69 Å². The Kier molecular flexibility index (Phi) is 2.33. The van der Waals surface area contributed by atoms with Crippen LogP contribution in [-0.4, -0.2) is 4.98 Å². The molecule has 110 valence electrons. The molecule has 0 unspecified atom stereocenters. The molecule has 1 aromatic heterocycles. The zero-order chi connectivity index (χ0) is 20.7. The van der Waals surface area contributed by atoms with Crippen molar-refractivity contribution in [2.75, 3.05) is 0 Å². The standard InChI is InChI=1S/C21H21N/c1-14-10-16(3)19(11-15(14)2)20-12-21(22-13-17(20)4)18-8-6-5-7-9-18/h5-13H,1-4H3/i2D3,4D3. The van der Waals surface area contributed by atoms with Crippen LogP contribution in [-0.2, 0) is 0 Å². The van der Waals surface area contributed by atoms with Crippen molar-refractivity contribution >= 4 is 0 Å². The molecule has 3 rings (SSSR count). The Hall–Kier alpha value is -2.41. The predicted octanol–water partition coefficient (Wildman–Crippen LogP) is 5.65. The van der Waals surface area contributed by atoms with Gasteiger partial charge in [-0.05, 0) is 67.0 Å². The molecule has 0 radical (unpaired) electrons. The van der Waals surface area contributed by atoms with E-state index in [1.54, 1.807) is 25.1 Å². The second-order valence-electron chi connectivity index (χ2n) is 5.46. The molecule has 0 saturated carbocycles. The van der Waals surface area contributed by atoms with Gasteiger partial charge in [0, 0.05) is 20.0 Å². The molecule has 0 aliphatic rings. The average Bonchev–Trinajstić information content (AvgIpc) is 2.60. The Bertz CT molecular complexity index is 1000. The summed E-state index contributed by atoms with van der Waals surface area (Å²) in [6.45, 7) is -1.03. The first kappa shape index (κ1) is 8.89. The maximum absolute atomic E-state index is 7.91. The summed E-state index contributed by atoms with van der Waals surface area (Å²) >= 11 is 0. The first-order valence-electron chi connectivity index (χ1n) is 10.2. The molecule has 1 heterocycles. The van der Waals surface area contributed by atoms with Crippen LogP contribution < -0.4 is 0 Å². The van der Waals surface area contributed by atoms with Gasteiger partial charge in [0.25, 0.3) is 0 Å². The van der Waals surface area contributed by atoms with E-state index in [1.807, 2.05) is 37.3 Å². The van der Waals surface area contributed by atoms with Crippen molar-refractivity contribution in [1.82, 2.24) is 4.98 Å². The maximum Gasteiger partial charge on any atom is 0.0708 e. The minimum Gasteiger partial charge on any atom is -0.256 e. The number of nitrogens with zero attached hydrogens (tertiary/aromatic N) is 1. The molecule has 0 bridgehead atoms. The quantitative estimate of drug-likeness (QED) is 0.595. The molecule has 1 nitrogen and oxygen atoms in total. The summed E-state index contributed by atoms with van der Waals surface area (Å²) < 4.78 is 47.1. The lowest BCUT2D eigenvalue weighted by Crippen LogP contribution is -1.93. The minimum atomic E-state index is -2.37. The lowest BCUT2D eigenvalue weighted by molar-refractivity contribution is 1.25. The van der Waals surface area contributed by atoms with Crippen molar-refractivity contribution in [1.29, 1.82) is 0 Å². The molecule has 0 atom stereocenters. The Labute approximate surface area is 141 Å². The summed E-state index contributed by atoms with van der Waals surface area (Å²) in [5.74, 6) is 0. The van der Waals surface area contributed by atoms with Crippen LogP contribution >= 0.6 is 0 Å². The third kappa shape index (κ3) is 2.67. The van der Waals surface area contributed by atoms with Gasteiger partial charge in [-0.25, -0.2) is 0 Å². The van der Waals surface area contributed by atoms with Crippen molar-refractivity contribution in [2.45, 2.75) is 27.6 Å². The number of aromatic nitrogens is 1. The topological polar surface area (TPSA) is 12.9 Å². The Morgan fingerprint density at radius 3 is 2.23 bits per heavy atom. The largest absolute Gasteiger partial charge is 0.256 e. The van der Waals surface area contributed by atoms with E-state index < -0.39 is 13.7 Å². The van der Waals surface area contributed by atoms with E-state index in [1.165, 1.54) is 6.20 Å². The third-order valence-electron chi connectivity index (χ3n) is 3.84. The second kappa shape index (κ2) is 5.76. The van der Waals surface area contributed by atoms with E-state index in [9.17, 15) is 0 Å². The van der Waals surface area contributed by atoms with Crippen molar-refractivity contribution in [3.05, 3.63) is 77.0 Å². The highest BCUT2D eigenvalue weighted by Crippen LogP contribution is 2.31. The van der Waals surface area contributed by atoms with E-state index in [0.29, 0.717) is 22.4 Å². The van der Waals surface area contributed by atoms with E-state index >= 15 is 0 Å². The fraction of sp³-hybridized carbons (Fsp3) is 0.190. The number of hydrogen-bond acceptors (Lipinski definition) is 1. The molecular formula is C21H21N. The van der Waals surface area contributed by atoms with Gasteiger partial charge in [-0.15, -0.1) is 0 Å². The monoisotopic (exact) mass is 293 g/mol. The summed E-state index contributed by atoms with van der Waals surface area (Å²) in [5, 5.41) is 0. The highest BCUT2D eigenvalue weighted by atomic mass is 14.7. The van der Waals surface area contributed by atoms with E-state index in [4.69, 9.17) is 8.22 Å². The molecule has 22 heavy (non-hydrogen) atoms. The van der Waals surface area contributed by atoms with Crippen LogP contribution in [0, 0.1) is 27.6 Å². The van der Waals surface area contributed by atoms with Gasteiger partial charge in [-0.1, -0.05) is 42.5 Å². The highest BCUT2D eigenvalue weighted by molar-refractivity contribution is 5.75. The Morgan fingerprint density at radius 1 is 0.773 bits per heavy atom. The Morgan fingerprint density at radius 2 is 1.50 bits per heavy atom. The van der Waals surface area contributed by atoms with Crippen molar-refractivity contribution in [3.8, 4) is 22.4 Å². The van der Waals surface area contributed by atoms with E-state index in [-0.39, 0.29) is 11.1 Å². The minimum absolute atomic E-state index is 0.107. The average molecular weight is 293 g/mol. The van der Waals surface area contributed by atoms with Crippen LogP contribution in [0.25, 0.3) is 22.4 Å². The van der Waals surface area contributed by atoms with Gasteiger partial charge < -0.3 is 0 Å². The first-order valence-corrected chi connectivity index (χ1v) is 7.16. The lowest BCUT2D eigenvalue weighted by Gasteiger charge is -2.13. The van der Waals surface area contributed by atoms with Gasteiger partial charge in [-0.3, -0.25) is 4.98 Å². The van der Waals surface area contributed by atoms with Gasteiger partial charge >= 0.3 is 0 Å². The van der Waals surface area contributed by atoms with Gasteiger partial charge in [0.2, 0.25) is 0 Å². The van der Waals surface area contributed by atoms with Crippen molar-refractivity contribution < 1.29 is 8.22 Å². The third-order valence-corrected chi connectivity index (χ3v) is 3.84. The number of hydrogen-bond donors (Lipinski definition) is 0. The zero-order valence-corrected chi connectivity index (χ0v) is 12.6. The lowest BCUT2D eigenvalue weighted by atomic mass is 9.93. The molecule has 1 heteroatoms. The van der Waals surface area contributed by atoms with Crippen LogP contribution in [0.5, 0.6) is 0 Å². The van der Waals surface area contributed by atoms with Crippen LogP contribution in [0.3, 0.4) is 0 Å². The molecule has 0 spiro atoms. The van der Waals surface area contributed by atoms with E-state index in [2.05, 4.69) is 4.98 Å². The summed E-state index contributed by atoms with van der Waals surface area (Å²) in [6.07, 6.45) is 1.37. The van der Waals surface area contributed by atoms with Crippen molar-refractivity contribution in [2.24, 2.45) is 0 Å². The molecular weight excluding hydrogens is 266 g/mol. The normalized spacial score (nSPS) is 15.9. The summed E-state index contributed by atoms with van der Waals surface area (Å²) in [7, 11) is 0. The second-order valence-corrected chi connectivity index (χ2v) is 5.46. The molecule has 0 aliphatic carbocycles. The Balaban J connectivity index is 2.31. The van der Waals surface area contributed by atoms with Crippen LogP contribution in [0.15, 0.2) is 54.7 Å². The fourth-order valence-electron chi connectivity index (χ4n) is 2.59. The zero-order valence-electron chi connectivity index (χ0n) is 18.6. The smallest absolute Gasteiger partial charge is 0.0708 e. The molecule has 0 saturated heterocycles. The van der Waals surface area contributed by atoms with Crippen LogP contribution in [0.4, 0.5) is 0 Å². The maximum atomic E-state index is 7.91. The van der Waals surface area contributed by atoms with Crippen LogP contribution in [0.1, 0.15) is 30.5 Å². The van der Waals surface area contributed by atoms with Crippen LogP contribution in [0.2, 0.25) is 0 Å². The SMILES string of the molecule is [2H]C([2H])([2H])c1cc(-c2cc(-c3ccccc3)ncc2C([2H])([2H])[2H])c(C)cc1C. The molecule has 0 fully saturated rings.